The van der Waals surface area contributed by atoms with E-state index >= 15 is 0 Å². The van der Waals surface area contributed by atoms with Gasteiger partial charge in [-0.3, -0.25) is 14.4 Å². The molecule has 0 bridgehead atoms. The van der Waals surface area contributed by atoms with Gasteiger partial charge in [-0.25, -0.2) is 0 Å². The van der Waals surface area contributed by atoms with Crippen LogP contribution in [0.5, 0.6) is 0 Å². The second-order valence-electron chi connectivity index (χ2n) is 4.67. The van der Waals surface area contributed by atoms with Crippen molar-refractivity contribution in [2.45, 2.75) is 6.42 Å². The highest BCUT2D eigenvalue weighted by atomic mass is 16.2. The summed E-state index contributed by atoms with van der Waals surface area (Å²) in [6, 6.07) is 5.16. The summed E-state index contributed by atoms with van der Waals surface area (Å²) in [6.07, 6.45) is 0.357. The summed E-state index contributed by atoms with van der Waals surface area (Å²) in [5.74, 6) is -0.384. The molecule has 2 aliphatic rings. The van der Waals surface area contributed by atoms with Gasteiger partial charge >= 0.3 is 0 Å². The summed E-state index contributed by atoms with van der Waals surface area (Å²) < 4.78 is 0. The first-order chi connectivity index (χ1) is 9.13. The fraction of sp³-hybridized carbons (Fsp3) is 0.308. The Morgan fingerprint density at radius 2 is 2.05 bits per heavy atom. The average molecular weight is 259 g/mol. The van der Waals surface area contributed by atoms with Gasteiger partial charge < -0.3 is 15.5 Å². The summed E-state index contributed by atoms with van der Waals surface area (Å²) in [5.41, 5.74) is 2.09. The van der Waals surface area contributed by atoms with E-state index in [1.54, 1.807) is 18.2 Å². The number of nitrogens with zero attached hydrogens (tertiary/aromatic N) is 1. The Labute approximate surface area is 109 Å². The molecule has 0 saturated carbocycles. The van der Waals surface area contributed by atoms with E-state index < -0.39 is 0 Å². The van der Waals surface area contributed by atoms with E-state index in [-0.39, 0.29) is 24.3 Å². The molecule has 1 fully saturated rings. The molecule has 2 heterocycles. The summed E-state index contributed by atoms with van der Waals surface area (Å²) in [5, 5.41) is 5.39. The van der Waals surface area contributed by atoms with Crippen molar-refractivity contribution in [2.75, 3.05) is 25.0 Å². The number of rotatable bonds is 1. The number of anilines is 1. The van der Waals surface area contributed by atoms with E-state index in [0.717, 1.165) is 5.56 Å². The minimum atomic E-state index is -0.182. The Bertz CT molecular complexity index is 582. The fourth-order valence-corrected chi connectivity index (χ4v) is 2.34. The van der Waals surface area contributed by atoms with Gasteiger partial charge in [-0.1, -0.05) is 6.07 Å². The highest BCUT2D eigenvalue weighted by Crippen LogP contribution is 2.24. The molecule has 19 heavy (non-hydrogen) atoms. The van der Waals surface area contributed by atoms with Gasteiger partial charge in [-0.05, 0) is 17.7 Å². The predicted molar refractivity (Wildman–Crippen MR) is 67.7 cm³/mol. The Morgan fingerprint density at radius 1 is 1.21 bits per heavy atom. The van der Waals surface area contributed by atoms with Crippen molar-refractivity contribution in [3.05, 3.63) is 29.3 Å². The van der Waals surface area contributed by atoms with Crippen LogP contribution in [0.25, 0.3) is 0 Å². The molecule has 0 unspecified atom stereocenters. The summed E-state index contributed by atoms with van der Waals surface area (Å²) in [7, 11) is 0. The van der Waals surface area contributed by atoms with Gasteiger partial charge in [0.2, 0.25) is 11.8 Å². The van der Waals surface area contributed by atoms with Crippen LogP contribution in [0.2, 0.25) is 0 Å². The lowest BCUT2D eigenvalue weighted by Gasteiger charge is -2.26. The maximum Gasteiger partial charge on any atom is 0.254 e. The maximum atomic E-state index is 12.3. The molecule has 3 amide bonds. The number of fused-ring (bicyclic) bond motifs is 1. The van der Waals surface area contributed by atoms with Gasteiger partial charge in [-0.15, -0.1) is 0 Å². The van der Waals surface area contributed by atoms with E-state index in [1.807, 2.05) is 0 Å². The molecule has 0 aliphatic carbocycles. The Hall–Kier alpha value is -2.37. The first kappa shape index (κ1) is 11.7. The van der Waals surface area contributed by atoms with Crippen LogP contribution >= 0.6 is 0 Å². The largest absolute Gasteiger partial charge is 0.353 e. The molecule has 0 spiro atoms. The summed E-state index contributed by atoms with van der Waals surface area (Å²) >= 11 is 0. The summed E-state index contributed by atoms with van der Waals surface area (Å²) in [6.45, 7) is 1.07. The van der Waals surface area contributed by atoms with Crippen LogP contribution in [0.4, 0.5) is 5.69 Å². The van der Waals surface area contributed by atoms with Crippen molar-refractivity contribution < 1.29 is 14.4 Å². The van der Waals surface area contributed by atoms with Gasteiger partial charge in [0, 0.05) is 24.3 Å². The van der Waals surface area contributed by atoms with Crippen molar-refractivity contribution in [1.82, 2.24) is 10.2 Å². The van der Waals surface area contributed by atoms with Crippen molar-refractivity contribution in [1.29, 1.82) is 0 Å². The predicted octanol–water partition coefficient (Wildman–Crippen LogP) is -0.247. The lowest BCUT2D eigenvalue weighted by atomic mass is 10.1. The second kappa shape index (κ2) is 4.38. The van der Waals surface area contributed by atoms with Crippen LogP contribution in [0.3, 0.4) is 0 Å². The fourth-order valence-electron chi connectivity index (χ4n) is 2.34. The zero-order valence-electron chi connectivity index (χ0n) is 10.2. The average Bonchev–Trinajstić information content (AvgIpc) is 2.76. The molecular weight excluding hydrogens is 246 g/mol. The topological polar surface area (TPSA) is 78.5 Å². The smallest absolute Gasteiger partial charge is 0.254 e. The van der Waals surface area contributed by atoms with Crippen molar-refractivity contribution in [3.63, 3.8) is 0 Å². The quantitative estimate of drug-likeness (QED) is 0.730. The van der Waals surface area contributed by atoms with E-state index in [4.69, 9.17) is 0 Å². The minimum Gasteiger partial charge on any atom is -0.353 e. The van der Waals surface area contributed by atoms with Crippen molar-refractivity contribution in [2.24, 2.45) is 0 Å². The molecule has 1 aromatic rings. The standard InChI is InChI=1S/C13H13N3O3/c17-11-6-8-1-2-9(5-10(8)15-11)13(19)16-4-3-14-12(18)7-16/h1-2,5H,3-4,6-7H2,(H,14,18)(H,15,17). The molecule has 2 aliphatic heterocycles. The zero-order chi connectivity index (χ0) is 13.4. The molecule has 1 aromatic carbocycles. The van der Waals surface area contributed by atoms with E-state index in [0.29, 0.717) is 30.8 Å². The number of nitrogens with one attached hydrogen (secondary N) is 2. The highest BCUT2D eigenvalue weighted by Gasteiger charge is 2.24. The maximum absolute atomic E-state index is 12.3. The molecule has 0 radical (unpaired) electrons. The number of carbonyl (C=O) groups excluding carboxylic acids is 3. The van der Waals surface area contributed by atoms with Gasteiger partial charge in [-0.2, -0.15) is 0 Å². The van der Waals surface area contributed by atoms with Crippen LogP contribution in [-0.4, -0.2) is 42.3 Å². The first-order valence-corrected chi connectivity index (χ1v) is 6.12. The molecular formula is C13H13N3O3. The van der Waals surface area contributed by atoms with E-state index in [1.165, 1.54) is 4.90 Å². The number of hydrogen-bond donors (Lipinski definition) is 2. The van der Waals surface area contributed by atoms with Gasteiger partial charge in [0.25, 0.3) is 5.91 Å². The lowest BCUT2D eigenvalue weighted by molar-refractivity contribution is -0.123. The molecule has 0 aromatic heterocycles. The SMILES string of the molecule is O=C1CN(C(=O)c2ccc3c(c2)NC(=O)C3)CCN1. The van der Waals surface area contributed by atoms with Gasteiger partial charge in [0.05, 0.1) is 13.0 Å². The first-order valence-electron chi connectivity index (χ1n) is 6.12. The second-order valence-corrected chi connectivity index (χ2v) is 4.67. The van der Waals surface area contributed by atoms with Crippen LogP contribution in [0, 0.1) is 0 Å². The molecule has 1 saturated heterocycles. The monoisotopic (exact) mass is 259 g/mol. The van der Waals surface area contributed by atoms with E-state index in [9.17, 15) is 14.4 Å². The van der Waals surface area contributed by atoms with Crippen molar-refractivity contribution >= 4 is 23.4 Å². The number of amides is 3. The Balaban J connectivity index is 1.82. The third kappa shape index (κ3) is 2.16. The molecule has 98 valence electrons. The number of carbonyl (C=O) groups is 3. The Morgan fingerprint density at radius 3 is 2.84 bits per heavy atom. The third-order valence-corrected chi connectivity index (χ3v) is 3.31. The normalized spacial score (nSPS) is 17.8. The van der Waals surface area contributed by atoms with Gasteiger partial charge in [0.1, 0.15) is 0 Å². The molecule has 6 nitrogen and oxygen atoms in total. The molecule has 2 N–H and O–H groups in total. The number of benzene rings is 1. The zero-order valence-corrected chi connectivity index (χ0v) is 10.2. The third-order valence-electron chi connectivity index (χ3n) is 3.31. The molecule has 3 rings (SSSR count). The van der Waals surface area contributed by atoms with Crippen LogP contribution in [0.15, 0.2) is 18.2 Å². The summed E-state index contributed by atoms with van der Waals surface area (Å²) in [4.78, 5) is 36.3. The Kier molecular flexibility index (Phi) is 2.70. The molecule has 0 atom stereocenters. The van der Waals surface area contributed by atoms with Crippen LogP contribution in [0.1, 0.15) is 15.9 Å². The van der Waals surface area contributed by atoms with Crippen LogP contribution in [-0.2, 0) is 16.0 Å². The van der Waals surface area contributed by atoms with E-state index in [2.05, 4.69) is 10.6 Å². The number of hydrogen-bond acceptors (Lipinski definition) is 3. The number of piperazine rings is 1. The highest BCUT2D eigenvalue weighted by molar-refractivity contribution is 6.03. The van der Waals surface area contributed by atoms with Gasteiger partial charge in [0.15, 0.2) is 0 Å². The molecule has 6 heteroatoms. The lowest BCUT2D eigenvalue weighted by Crippen LogP contribution is -2.49. The van der Waals surface area contributed by atoms with Crippen molar-refractivity contribution in [3.8, 4) is 0 Å². The minimum absolute atomic E-state index is 0.0584. The van der Waals surface area contributed by atoms with Crippen LogP contribution < -0.4 is 10.6 Å².